The molecule has 1 aliphatic carbocycles. The van der Waals surface area contributed by atoms with Crippen LogP contribution in [0.15, 0.2) is 18.2 Å². The average molecular weight is 318 g/mol. The Balaban J connectivity index is 1.50. The van der Waals surface area contributed by atoms with Crippen molar-refractivity contribution in [3.63, 3.8) is 0 Å². The average Bonchev–Trinajstić information content (AvgIpc) is 2.98. The number of ether oxygens (including phenoxy) is 1. The number of rotatable bonds is 5. The van der Waals surface area contributed by atoms with Crippen LogP contribution in [0.25, 0.3) is 0 Å². The first-order valence-electron chi connectivity index (χ1n) is 7.66. The highest BCUT2D eigenvalue weighted by molar-refractivity contribution is 5.91. The molecule has 7 nitrogen and oxygen atoms in total. The summed E-state index contributed by atoms with van der Waals surface area (Å²) in [5.74, 6) is -0.223. The lowest BCUT2D eigenvalue weighted by Gasteiger charge is -2.20. The number of nitrogens with one attached hydrogen (secondary N) is 1. The molecule has 0 aromatic heterocycles. The Bertz CT molecular complexity index is 621. The Morgan fingerprint density at radius 1 is 1.39 bits per heavy atom. The van der Waals surface area contributed by atoms with E-state index in [0.29, 0.717) is 43.5 Å². The van der Waals surface area contributed by atoms with Crippen LogP contribution in [0.3, 0.4) is 0 Å². The van der Waals surface area contributed by atoms with Gasteiger partial charge in [0.05, 0.1) is 23.8 Å². The van der Waals surface area contributed by atoms with Crippen molar-refractivity contribution >= 4 is 29.4 Å². The molecule has 1 saturated carbocycles. The van der Waals surface area contributed by atoms with Crippen LogP contribution in [-0.2, 0) is 19.3 Å². The van der Waals surface area contributed by atoms with Crippen LogP contribution in [0.1, 0.15) is 36.0 Å². The number of benzene rings is 1. The highest BCUT2D eigenvalue weighted by Crippen LogP contribution is 2.34. The summed E-state index contributed by atoms with van der Waals surface area (Å²) in [6.45, 7) is 0.523. The van der Waals surface area contributed by atoms with Crippen LogP contribution in [0.4, 0.5) is 11.4 Å². The topological polar surface area (TPSA) is 84.9 Å². The fourth-order valence-corrected chi connectivity index (χ4v) is 2.81. The van der Waals surface area contributed by atoms with Gasteiger partial charge in [-0.3, -0.25) is 14.4 Å². The number of hydroxylamine groups is 1. The van der Waals surface area contributed by atoms with E-state index in [1.165, 1.54) is 0 Å². The molecular formula is C16H18N2O5. The lowest BCUT2D eigenvalue weighted by atomic mass is 9.88. The molecule has 7 heteroatoms. The third-order valence-corrected chi connectivity index (χ3v) is 4.14. The number of para-hydroxylation sites is 1. The van der Waals surface area contributed by atoms with Crippen molar-refractivity contribution in [1.29, 1.82) is 0 Å². The second-order valence-corrected chi connectivity index (χ2v) is 5.64. The quantitative estimate of drug-likeness (QED) is 0.655. The molecule has 1 aromatic carbocycles. The lowest BCUT2D eigenvalue weighted by molar-refractivity contribution is -0.150. The zero-order chi connectivity index (χ0) is 16.2. The van der Waals surface area contributed by atoms with Gasteiger partial charge in [-0.1, -0.05) is 6.07 Å². The molecule has 23 heavy (non-hydrogen) atoms. The third kappa shape index (κ3) is 3.34. The minimum absolute atomic E-state index is 0.176. The van der Waals surface area contributed by atoms with Crippen LogP contribution in [0, 0.1) is 5.92 Å². The molecule has 1 aliphatic heterocycles. The fraction of sp³-hybridized carbons (Fsp3) is 0.438. The molecule has 0 amide bonds. The van der Waals surface area contributed by atoms with Crippen LogP contribution in [0.2, 0.25) is 0 Å². The summed E-state index contributed by atoms with van der Waals surface area (Å²) in [5.41, 5.74) is 4.54. The maximum Gasteiger partial charge on any atom is 0.309 e. The second-order valence-electron chi connectivity index (χ2n) is 5.64. The van der Waals surface area contributed by atoms with Gasteiger partial charge in [-0.2, -0.15) is 4.94 Å². The van der Waals surface area contributed by atoms with Crippen LogP contribution < -0.4 is 10.5 Å². The molecule has 0 atom stereocenters. The van der Waals surface area contributed by atoms with Crippen molar-refractivity contribution in [2.75, 3.05) is 23.7 Å². The van der Waals surface area contributed by atoms with Gasteiger partial charge in [0.2, 0.25) is 0 Å². The van der Waals surface area contributed by atoms with Crippen LogP contribution >= 0.6 is 0 Å². The molecule has 1 fully saturated rings. The van der Waals surface area contributed by atoms with E-state index < -0.39 is 0 Å². The third-order valence-electron chi connectivity index (χ3n) is 4.14. The number of carbonyl (C=O) groups is 3. The molecule has 1 heterocycles. The molecule has 3 rings (SSSR count). The number of hydrogen-bond acceptors (Lipinski definition) is 7. The number of fused-ring (bicyclic) bond motifs is 1. The van der Waals surface area contributed by atoms with E-state index in [2.05, 4.69) is 5.48 Å². The Labute approximate surface area is 133 Å². The predicted molar refractivity (Wildman–Crippen MR) is 81.8 cm³/mol. The van der Waals surface area contributed by atoms with Gasteiger partial charge in [-0.05, 0) is 25.0 Å². The van der Waals surface area contributed by atoms with Gasteiger partial charge in [-0.15, -0.1) is 0 Å². The van der Waals surface area contributed by atoms with Gasteiger partial charge in [0, 0.05) is 18.4 Å². The first-order valence-corrected chi connectivity index (χ1v) is 7.66. The Hall–Kier alpha value is -2.41. The summed E-state index contributed by atoms with van der Waals surface area (Å²) >= 11 is 0. The molecule has 0 bridgehead atoms. The van der Waals surface area contributed by atoms with Gasteiger partial charge >= 0.3 is 5.97 Å². The van der Waals surface area contributed by atoms with Crippen molar-refractivity contribution in [3.05, 3.63) is 23.8 Å². The van der Waals surface area contributed by atoms with Crippen molar-refractivity contribution in [1.82, 2.24) is 0 Å². The number of hydrogen-bond donors (Lipinski definition) is 1. The highest BCUT2D eigenvalue weighted by atomic mass is 16.8. The molecule has 122 valence electrons. The van der Waals surface area contributed by atoms with E-state index in [1.54, 1.807) is 17.2 Å². The maximum absolute atomic E-state index is 12.0. The summed E-state index contributed by atoms with van der Waals surface area (Å²) in [7, 11) is 0. The van der Waals surface area contributed by atoms with E-state index >= 15 is 0 Å². The highest BCUT2D eigenvalue weighted by Gasteiger charge is 2.27. The van der Waals surface area contributed by atoms with Gasteiger partial charge in [-0.25, -0.2) is 10.5 Å². The van der Waals surface area contributed by atoms with Crippen LogP contribution in [-0.4, -0.2) is 31.2 Å². The molecule has 0 spiro atoms. The predicted octanol–water partition coefficient (Wildman–Crippen LogP) is 1.88. The van der Waals surface area contributed by atoms with Crippen molar-refractivity contribution < 1.29 is 24.1 Å². The molecule has 0 radical (unpaired) electrons. The lowest BCUT2D eigenvalue weighted by Crippen LogP contribution is -2.29. The van der Waals surface area contributed by atoms with E-state index in [9.17, 15) is 14.4 Å². The first kappa shape index (κ1) is 15.5. The summed E-state index contributed by atoms with van der Waals surface area (Å²) in [5, 5.41) is 1.54. The second kappa shape index (κ2) is 6.78. The minimum atomic E-state index is -0.258. The number of nitrogens with zero attached hydrogens (tertiary/aromatic N) is 1. The van der Waals surface area contributed by atoms with Gasteiger partial charge in [0.25, 0.3) is 0 Å². The summed E-state index contributed by atoms with van der Waals surface area (Å²) in [6, 6.07) is 5.27. The van der Waals surface area contributed by atoms with E-state index in [-0.39, 0.29) is 24.3 Å². The molecular weight excluding hydrogens is 300 g/mol. The Morgan fingerprint density at radius 3 is 2.91 bits per heavy atom. The maximum atomic E-state index is 12.0. The molecule has 1 N–H and O–H groups in total. The smallest absolute Gasteiger partial charge is 0.309 e. The van der Waals surface area contributed by atoms with Crippen molar-refractivity contribution in [2.24, 2.45) is 5.92 Å². The standard InChI is InChI=1S/C16H18N2O5/c19-10-12-2-1-3-14-15(12)17-23-18(14)8-9-22-16(21)11-4-6-13(20)7-5-11/h1-3,10-11,17H,4-9H2. The largest absolute Gasteiger partial charge is 0.463 e. The monoisotopic (exact) mass is 318 g/mol. The normalized spacial score (nSPS) is 17.6. The van der Waals surface area contributed by atoms with Gasteiger partial charge < -0.3 is 4.74 Å². The van der Waals surface area contributed by atoms with Crippen molar-refractivity contribution in [3.8, 4) is 0 Å². The summed E-state index contributed by atoms with van der Waals surface area (Å²) < 4.78 is 5.28. The number of Topliss-reactive ketones (excluding diaryl/α,β-unsaturated/α-hetero) is 1. The molecule has 0 saturated heterocycles. The number of aldehydes is 1. The van der Waals surface area contributed by atoms with Gasteiger partial charge in [0.1, 0.15) is 12.4 Å². The Kier molecular flexibility index (Phi) is 4.57. The van der Waals surface area contributed by atoms with E-state index in [0.717, 1.165) is 12.0 Å². The molecule has 1 aromatic rings. The number of ketones is 1. The number of esters is 1. The number of anilines is 2. The minimum Gasteiger partial charge on any atom is -0.463 e. The first-order chi connectivity index (χ1) is 11.2. The van der Waals surface area contributed by atoms with Gasteiger partial charge in [0.15, 0.2) is 6.29 Å². The number of carbonyl (C=O) groups excluding carboxylic acids is 3. The molecule has 2 aliphatic rings. The summed E-state index contributed by atoms with van der Waals surface area (Å²) in [6.07, 6.45) is 2.82. The zero-order valence-electron chi connectivity index (χ0n) is 12.6. The van der Waals surface area contributed by atoms with Crippen molar-refractivity contribution in [2.45, 2.75) is 25.7 Å². The SMILES string of the molecule is O=Cc1cccc2c1NON2CCOC(=O)C1CCC(=O)CC1. The van der Waals surface area contributed by atoms with E-state index in [1.807, 2.05) is 6.07 Å². The zero-order valence-corrected chi connectivity index (χ0v) is 12.6. The Morgan fingerprint density at radius 2 is 2.17 bits per heavy atom. The summed E-state index contributed by atoms with van der Waals surface area (Å²) in [4.78, 5) is 39.4. The molecule has 0 unspecified atom stereocenters. The van der Waals surface area contributed by atoms with Crippen LogP contribution in [0.5, 0.6) is 0 Å². The van der Waals surface area contributed by atoms with E-state index in [4.69, 9.17) is 9.68 Å². The fourth-order valence-electron chi connectivity index (χ4n) is 2.81.